The molecule has 0 spiro atoms. The molecule has 0 aromatic heterocycles. The van der Waals surface area contributed by atoms with Crippen LogP contribution in [0.15, 0.2) is 0 Å². The first-order valence-electron chi connectivity index (χ1n) is 6.65. The number of likely N-dealkylation sites (tertiary alicyclic amines) is 1. The van der Waals surface area contributed by atoms with Gasteiger partial charge >= 0.3 is 0 Å². The molecule has 1 nitrogen and oxygen atoms in total. The Hall–Kier alpha value is 0.250. The third kappa shape index (κ3) is 5.77. The zero-order valence-electron chi connectivity index (χ0n) is 10.2. The van der Waals surface area contributed by atoms with Gasteiger partial charge in [0.05, 0.1) is 0 Å². The van der Waals surface area contributed by atoms with Crippen LogP contribution in [0.25, 0.3) is 0 Å². The number of unbranched alkanes of at least 4 members (excludes halogenated alkanes) is 4. The smallest absolute Gasteiger partial charge is 0.0252 e. The van der Waals surface area contributed by atoms with E-state index in [4.69, 9.17) is 11.6 Å². The summed E-state index contributed by atoms with van der Waals surface area (Å²) in [5.74, 6) is 1.66. The Kier molecular flexibility index (Phi) is 7.46. The Morgan fingerprint density at radius 2 is 1.73 bits per heavy atom. The summed E-state index contributed by atoms with van der Waals surface area (Å²) >= 11 is 5.87. The van der Waals surface area contributed by atoms with E-state index in [9.17, 15) is 0 Å². The molecular formula is C13H26ClN. The van der Waals surface area contributed by atoms with Crippen LogP contribution in [-0.4, -0.2) is 30.4 Å². The Balaban J connectivity index is 1.94. The van der Waals surface area contributed by atoms with Crippen molar-refractivity contribution in [2.75, 3.05) is 25.5 Å². The number of hydrogen-bond donors (Lipinski definition) is 0. The molecule has 1 fully saturated rings. The SMILES string of the molecule is CCCCCCCN1CCC(CCl)CC1. The molecule has 0 radical (unpaired) electrons. The minimum Gasteiger partial charge on any atom is -0.303 e. The molecule has 15 heavy (non-hydrogen) atoms. The lowest BCUT2D eigenvalue weighted by atomic mass is 9.99. The highest BCUT2D eigenvalue weighted by Gasteiger charge is 2.17. The molecule has 0 saturated carbocycles. The zero-order chi connectivity index (χ0) is 10.9. The molecule has 0 atom stereocenters. The van der Waals surface area contributed by atoms with Crippen molar-refractivity contribution in [2.24, 2.45) is 5.92 Å². The van der Waals surface area contributed by atoms with Gasteiger partial charge < -0.3 is 4.90 Å². The lowest BCUT2D eigenvalue weighted by Crippen LogP contribution is -2.34. The van der Waals surface area contributed by atoms with Crippen LogP contribution in [-0.2, 0) is 0 Å². The van der Waals surface area contributed by atoms with Crippen LogP contribution in [0.2, 0.25) is 0 Å². The van der Waals surface area contributed by atoms with Crippen molar-refractivity contribution in [2.45, 2.75) is 51.9 Å². The molecule has 0 N–H and O–H groups in total. The van der Waals surface area contributed by atoms with Crippen molar-refractivity contribution in [1.29, 1.82) is 0 Å². The van der Waals surface area contributed by atoms with Crippen LogP contribution in [0.1, 0.15) is 51.9 Å². The minimum absolute atomic E-state index is 0.794. The Labute approximate surface area is 100 Å². The highest BCUT2D eigenvalue weighted by molar-refractivity contribution is 6.18. The highest BCUT2D eigenvalue weighted by atomic mass is 35.5. The number of nitrogens with zero attached hydrogens (tertiary/aromatic N) is 1. The van der Waals surface area contributed by atoms with Gasteiger partial charge in [-0.3, -0.25) is 0 Å². The summed E-state index contributed by atoms with van der Waals surface area (Å²) in [7, 11) is 0. The topological polar surface area (TPSA) is 3.24 Å². The fourth-order valence-corrected chi connectivity index (χ4v) is 2.61. The van der Waals surface area contributed by atoms with E-state index in [2.05, 4.69) is 11.8 Å². The molecule has 90 valence electrons. The lowest BCUT2D eigenvalue weighted by molar-refractivity contribution is 0.190. The fraction of sp³-hybridized carbons (Fsp3) is 1.00. The van der Waals surface area contributed by atoms with Crippen LogP contribution in [0.3, 0.4) is 0 Å². The fourth-order valence-electron chi connectivity index (χ4n) is 2.30. The van der Waals surface area contributed by atoms with E-state index in [0.717, 1.165) is 11.8 Å². The van der Waals surface area contributed by atoms with Crippen LogP contribution in [0.4, 0.5) is 0 Å². The monoisotopic (exact) mass is 231 g/mol. The van der Waals surface area contributed by atoms with Gasteiger partial charge in [0.15, 0.2) is 0 Å². The molecule has 0 bridgehead atoms. The summed E-state index contributed by atoms with van der Waals surface area (Å²) in [4.78, 5) is 2.62. The van der Waals surface area contributed by atoms with Crippen molar-refractivity contribution in [3.63, 3.8) is 0 Å². The standard InChI is InChI=1S/C13H26ClN/c1-2-3-4-5-6-9-15-10-7-13(12-14)8-11-15/h13H,2-12H2,1H3. The van der Waals surface area contributed by atoms with Gasteiger partial charge in [-0.05, 0) is 44.8 Å². The Bertz CT molecular complexity index is 141. The molecule has 0 aliphatic carbocycles. The average Bonchev–Trinajstić information content (AvgIpc) is 2.30. The van der Waals surface area contributed by atoms with E-state index in [0.29, 0.717) is 0 Å². The van der Waals surface area contributed by atoms with Gasteiger partial charge in [0.2, 0.25) is 0 Å². The minimum atomic E-state index is 0.794. The van der Waals surface area contributed by atoms with Crippen LogP contribution in [0.5, 0.6) is 0 Å². The lowest BCUT2D eigenvalue weighted by Gasteiger charge is -2.30. The summed E-state index contributed by atoms with van der Waals surface area (Å²) < 4.78 is 0. The van der Waals surface area contributed by atoms with E-state index in [1.165, 1.54) is 64.6 Å². The van der Waals surface area contributed by atoms with Gasteiger partial charge in [-0.2, -0.15) is 0 Å². The number of halogens is 1. The molecule has 1 rings (SSSR count). The third-order valence-electron chi connectivity index (χ3n) is 3.50. The number of piperidine rings is 1. The second kappa shape index (κ2) is 8.41. The van der Waals surface area contributed by atoms with Gasteiger partial charge in [0.1, 0.15) is 0 Å². The van der Waals surface area contributed by atoms with E-state index >= 15 is 0 Å². The molecule has 2 heteroatoms. The maximum Gasteiger partial charge on any atom is 0.0252 e. The molecule has 1 aliphatic heterocycles. The van der Waals surface area contributed by atoms with Crippen molar-refractivity contribution >= 4 is 11.6 Å². The summed E-state index contributed by atoms with van der Waals surface area (Å²) in [6.45, 7) is 6.16. The number of hydrogen-bond acceptors (Lipinski definition) is 1. The quantitative estimate of drug-likeness (QED) is 0.475. The van der Waals surface area contributed by atoms with Gasteiger partial charge in [-0.15, -0.1) is 11.6 Å². The molecule has 1 saturated heterocycles. The van der Waals surface area contributed by atoms with Gasteiger partial charge in [-0.25, -0.2) is 0 Å². The zero-order valence-corrected chi connectivity index (χ0v) is 10.9. The number of alkyl halides is 1. The second-order valence-electron chi connectivity index (χ2n) is 4.85. The summed E-state index contributed by atoms with van der Waals surface area (Å²) in [5.41, 5.74) is 0. The molecule has 0 unspecified atom stereocenters. The predicted octanol–water partition coefficient (Wildman–Crippen LogP) is 3.91. The maximum absolute atomic E-state index is 5.87. The van der Waals surface area contributed by atoms with Gasteiger partial charge in [0, 0.05) is 5.88 Å². The van der Waals surface area contributed by atoms with Crippen LogP contribution in [0, 0.1) is 5.92 Å². The van der Waals surface area contributed by atoms with Gasteiger partial charge in [-0.1, -0.05) is 32.6 Å². The Morgan fingerprint density at radius 1 is 1.07 bits per heavy atom. The Morgan fingerprint density at radius 3 is 2.33 bits per heavy atom. The van der Waals surface area contributed by atoms with Crippen LogP contribution < -0.4 is 0 Å². The average molecular weight is 232 g/mol. The van der Waals surface area contributed by atoms with Crippen molar-refractivity contribution in [1.82, 2.24) is 4.90 Å². The first-order valence-corrected chi connectivity index (χ1v) is 7.18. The summed E-state index contributed by atoms with van der Waals surface area (Å²) in [6, 6.07) is 0. The van der Waals surface area contributed by atoms with Crippen molar-refractivity contribution in [3.05, 3.63) is 0 Å². The molecule has 0 aromatic rings. The molecule has 1 heterocycles. The maximum atomic E-state index is 5.87. The first-order chi connectivity index (χ1) is 7.36. The normalized spacial score (nSPS) is 19.6. The van der Waals surface area contributed by atoms with E-state index in [1.807, 2.05) is 0 Å². The summed E-state index contributed by atoms with van der Waals surface area (Å²) in [6.07, 6.45) is 9.63. The summed E-state index contributed by atoms with van der Waals surface area (Å²) in [5, 5.41) is 0. The second-order valence-corrected chi connectivity index (χ2v) is 5.16. The van der Waals surface area contributed by atoms with Crippen LogP contribution >= 0.6 is 11.6 Å². The first kappa shape index (κ1) is 13.3. The number of rotatable bonds is 7. The molecule has 1 aliphatic rings. The highest BCUT2D eigenvalue weighted by Crippen LogP contribution is 2.18. The predicted molar refractivity (Wildman–Crippen MR) is 68.6 cm³/mol. The van der Waals surface area contributed by atoms with Crippen molar-refractivity contribution in [3.8, 4) is 0 Å². The van der Waals surface area contributed by atoms with Crippen molar-refractivity contribution < 1.29 is 0 Å². The van der Waals surface area contributed by atoms with E-state index in [1.54, 1.807) is 0 Å². The third-order valence-corrected chi connectivity index (χ3v) is 3.94. The molecule has 0 amide bonds. The molecule has 0 aromatic carbocycles. The van der Waals surface area contributed by atoms with E-state index in [-0.39, 0.29) is 0 Å². The van der Waals surface area contributed by atoms with E-state index < -0.39 is 0 Å². The van der Waals surface area contributed by atoms with Gasteiger partial charge in [0.25, 0.3) is 0 Å². The largest absolute Gasteiger partial charge is 0.303 e. The molecular weight excluding hydrogens is 206 g/mol.